The maximum Gasteiger partial charge on any atom is 0.166 e. The predicted molar refractivity (Wildman–Crippen MR) is 102 cm³/mol. The second-order valence-corrected chi connectivity index (χ2v) is 6.93. The molecule has 0 saturated heterocycles. The lowest BCUT2D eigenvalue weighted by molar-refractivity contribution is -0.123. The summed E-state index contributed by atoms with van der Waals surface area (Å²) in [7, 11) is 0. The van der Waals surface area contributed by atoms with E-state index in [2.05, 4.69) is 0 Å². The van der Waals surface area contributed by atoms with Gasteiger partial charge in [-0.3, -0.25) is 9.59 Å². The first kappa shape index (κ1) is 21.3. The van der Waals surface area contributed by atoms with Gasteiger partial charge in [-0.05, 0) is 57.1 Å². The summed E-state index contributed by atoms with van der Waals surface area (Å²) in [5, 5.41) is 0. The van der Waals surface area contributed by atoms with E-state index in [1.165, 1.54) is 5.56 Å². The summed E-state index contributed by atoms with van der Waals surface area (Å²) in [6, 6.07) is 5.88. The van der Waals surface area contributed by atoms with Gasteiger partial charge in [-0.25, -0.2) is 0 Å². The molecule has 1 aromatic rings. The van der Waals surface area contributed by atoms with Gasteiger partial charge in [-0.2, -0.15) is 0 Å². The third-order valence-electron chi connectivity index (χ3n) is 5.32. The van der Waals surface area contributed by atoms with Gasteiger partial charge >= 0.3 is 0 Å². The van der Waals surface area contributed by atoms with Gasteiger partial charge in [-0.1, -0.05) is 39.0 Å². The third kappa shape index (κ3) is 5.10. The number of carbonyl (C=O) groups is 3. The van der Waals surface area contributed by atoms with E-state index in [4.69, 9.17) is 0 Å². The standard InChI is InChI=1S/C20H26O3.C2H6/c1-12-6-5-7-19-16(12)10-11-18(20(19)23)14(3)17(15(4)22)9-8-13(2)21;1-2/h5-7,14,17-18H,8-11H2,1-4H3;1-2H3. The minimum Gasteiger partial charge on any atom is -0.300 e. The molecule has 0 N–H and O–H groups in total. The Labute approximate surface area is 152 Å². The first-order valence-electron chi connectivity index (χ1n) is 9.45. The lowest BCUT2D eigenvalue weighted by atomic mass is 9.70. The van der Waals surface area contributed by atoms with Crippen LogP contribution in [0, 0.1) is 24.7 Å². The Morgan fingerprint density at radius 1 is 1.20 bits per heavy atom. The van der Waals surface area contributed by atoms with Gasteiger partial charge in [0.05, 0.1) is 0 Å². The number of aryl methyl sites for hydroxylation is 1. The van der Waals surface area contributed by atoms with Gasteiger partial charge in [0.15, 0.2) is 5.78 Å². The number of ketones is 3. The summed E-state index contributed by atoms with van der Waals surface area (Å²) in [5.41, 5.74) is 3.15. The van der Waals surface area contributed by atoms with Crippen molar-refractivity contribution >= 4 is 17.3 Å². The average Bonchev–Trinajstić information content (AvgIpc) is 2.57. The van der Waals surface area contributed by atoms with Crippen LogP contribution in [0.25, 0.3) is 0 Å². The van der Waals surface area contributed by atoms with Gasteiger partial charge in [0, 0.05) is 23.8 Å². The first-order chi connectivity index (χ1) is 11.8. The Morgan fingerprint density at radius 3 is 2.40 bits per heavy atom. The Kier molecular flexibility index (Phi) is 8.21. The molecule has 0 aliphatic heterocycles. The lowest BCUT2D eigenvalue weighted by Crippen LogP contribution is -2.34. The number of fused-ring (bicyclic) bond motifs is 1. The summed E-state index contributed by atoms with van der Waals surface area (Å²) in [5.74, 6) is -0.00474. The van der Waals surface area contributed by atoms with Crippen molar-refractivity contribution in [3.8, 4) is 0 Å². The van der Waals surface area contributed by atoms with E-state index in [-0.39, 0.29) is 35.1 Å². The van der Waals surface area contributed by atoms with Crippen molar-refractivity contribution in [2.24, 2.45) is 17.8 Å². The van der Waals surface area contributed by atoms with Crippen LogP contribution in [-0.4, -0.2) is 17.3 Å². The van der Waals surface area contributed by atoms with E-state index in [1.54, 1.807) is 13.8 Å². The molecule has 3 unspecified atom stereocenters. The van der Waals surface area contributed by atoms with Crippen molar-refractivity contribution in [1.29, 1.82) is 0 Å². The van der Waals surface area contributed by atoms with Crippen LogP contribution in [0.5, 0.6) is 0 Å². The quantitative estimate of drug-likeness (QED) is 0.731. The Hall–Kier alpha value is -1.77. The zero-order valence-electron chi connectivity index (χ0n) is 16.5. The van der Waals surface area contributed by atoms with Crippen molar-refractivity contribution in [1.82, 2.24) is 0 Å². The molecule has 2 rings (SSSR count). The molecule has 3 heteroatoms. The zero-order chi connectivity index (χ0) is 19.1. The van der Waals surface area contributed by atoms with Crippen molar-refractivity contribution in [2.75, 3.05) is 0 Å². The van der Waals surface area contributed by atoms with Crippen molar-refractivity contribution in [3.63, 3.8) is 0 Å². The number of hydrogen-bond acceptors (Lipinski definition) is 3. The molecule has 0 bridgehead atoms. The fraction of sp³-hybridized carbons (Fsp3) is 0.591. The number of benzene rings is 1. The molecule has 0 saturated carbocycles. The molecule has 0 aromatic heterocycles. The number of carbonyl (C=O) groups excluding carboxylic acids is 3. The molecule has 25 heavy (non-hydrogen) atoms. The Balaban J connectivity index is 0.00000151. The van der Waals surface area contributed by atoms with E-state index < -0.39 is 0 Å². The maximum atomic E-state index is 12.9. The molecule has 0 radical (unpaired) electrons. The minimum absolute atomic E-state index is 0.0204. The highest BCUT2D eigenvalue weighted by Crippen LogP contribution is 2.36. The number of hydrogen-bond donors (Lipinski definition) is 0. The van der Waals surface area contributed by atoms with Crippen molar-refractivity contribution < 1.29 is 14.4 Å². The molecule has 0 amide bonds. The van der Waals surface area contributed by atoms with Gasteiger partial charge in [0.2, 0.25) is 0 Å². The molecule has 3 nitrogen and oxygen atoms in total. The SMILES string of the molecule is CC.CC(=O)CCC(C(C)=O)C(C)C1CCc2c(C)cccc2C1=O. The third-order valence-corrected chi connectivity index (χ3v) is 5.32. The van der Waals surface area contributed by atoms with E-state index in [0.29, 0.717) is 12.8 Å². The average molecular weight is 344 g/mol. The van der Waals surface area contributed by atoms with E-state index in [9.17, 15) is 14.4 Å². The van der Waals surface area contributed by atoms with Crippen LogP contribution in [0.1, 0.15) is 75.4 Å². The summed E-state index contributed by atoms with van der Waals surface area (Å²) in [6.45, 7) is 11.2. The Bertz CT molecular complexity index is 630. The highest BCUT2D eigenvalue weighted by atomic mass is 16.1. The summed E-state index contributed by atoms with van der Waals surface area (Å²) in [6.07, 6.45) is 2.64. The van der Waals surface area contributed by atoms with Crippen molar-refractivity contribution in [3.05, 3.63) is 34.9 Å². The van der Waals surface area contributed by atoms with Crippen LogP contribution < -0.4 is 0 Å². The fourth-order valence-electron chi connectivity index (χ4n) is 3.87. The van der Waals surface area contributed by atoms with Crippen molar-refractivity contribution in [2.45, 2.75) is 67.2 Å². The monoisotopic (exact) mass is 344 g/mol. The van der Waals surface area contributed by atoms with Gasteiger partial charge < -0.3 is 4.79 Å². The fourth-order valence-corrected chi connectivity index (χ4v) is 3.87. The summed E-state index contributed by atoms with van der Waals surface area (Å²) >= 11 is 0. The molecular weight excluding hydrogens is 312 g/mol. The molecule has 0 spiro atoms. The van der Waals surface area contributed by atoms with Crippen LogP contribution in [0.3, 0.4) is 0 Å². The maximum absolute atomic E-state index is 12.9. The van der Waals surface area contributed by atoms with Gasteiger partial charge in [0.25, 0.3) is 0 Å². The molecule has 1 aromatic carbocycles. The predicted octanol–water partition coefficient (Wildman–Crippen LogP) is 4.98. The van der Waals surface area contributed by atoms with Crippen LogP contribution >= 0.6 is 0 Å². The van der Waals surface area contributed by atoms with Crippen LogP contribution in [0.2, 0.25) is 0 Å². The van der Waals surface area contributed by atoms with E-state index in [0.717, 1.165) is 24.0 Å². The molecule has 1 aliphatic carbocycles. The first-order valence-corrected chi connectivity index (χ1v) is 9.45. The van der Waals surface area contributed by atoms with Gasteiger partial charge in [0.1, 0.15) is 11.6 Å². The molecule has 3 atom stereocenters. The molecule has 138 valence electrons. The Morgan fingerprint density at radius 2 is 1.84 bits per heavy atom. The molecule has 1 aliphatic rings. The van der Waals surface area contributed by atoms with E-state index in [1.807, 2.05) is 45.9 Å². The van der Waals surface area contributed by atoms with Crippen LogP contribution in [-0.2, 0) is 16.0 Å². The van der Waals surface area contributed by atoms with Crippen LogP contribution in [0.15, 0.2) is 18.2 Å². The minimum atomic E-state index is -0.209. The molecule has 0 fully saturated rings. The molecular formula is C22H32O3. The number of rotatable bonds is 6. The number of Topliss-reactive ketones (excluding diaryl/α,β-unsaturated/α-hetero) is 3. The smallest absolute Gasteiger partial charge is 0.166 e. The lowest BCUT2D eigenvalue weighted by Gasteiger charge is -2.32. The largest absolute Gasteiger partial charge is 0.300 e. The summed E-state index contributed by atoms with van der Waals surface area (Å²) < 4.78 is 0. The highest BCUT2D eigenvalue weighted by Gasteiger charge is 2.36. The normalized spacial score (nSPS) is 18.5. The second kappa shape index (κ2) is 9.65. The highest BCUT2D eigenvalue weighted by molar-refractivity contribution is 6.01. The van der Waals surface area contributed by atoms with Crippen LogP contribution in [0.4, 0.5) is 0 Å². The topological polar surface area (TPSA) is 51.2 Å². The second-order valence-electron chi connectivity index (χ2n) is 6.93. The zero-order valence-corrected chi connectivity index (χ0v) is 16.5. The molecule has 0 heterocycles. The summed E-state index contributed by atoms with van der Waals surface area (Å²) in [4.78, 5) is 36.2. The van der Waals surface area contributed by atoms with Gasteiger partial charge in [-0.15, -0.1) is 0 Å². The van der Waals surface area contributed by atoms with E-state index >= 15 is 0 Å².